The van der Waals surface area contributed by atoms with Gasteiger partial charge in [-0.3, -0.25) is 4.79 Å². The van der Waals surface area contributed by atoms with E-state index in [0.29, 0.717) is 12.0 Å². The van der Waals surface area contributed by atoms with Gasteiger partial charge in [-0.25, -0.2) is 0 Å². The highest BCUT2D eigenvalue weighted by atomic mass is 32.2. The van der Waals surface area contributed by atoms with Crippen LogP contribution in [0, 0.1) is 0 Å². The first-order valence-electron chi connectivity index (χ1n) is 6.70. The minimum atomic E-state index is 0.0347. The van der Waals surface area contributed by atoms with Gasteiger partial charge in [-0.1, -0.05) is 60.3 Å². The van der Waals surface area contributed by atoms with E-state index in [4.69, 9.17) is 4.74 Å². The molecular formula is C18H14O2S. The first-order chi connectivity index (χ1) is 10.3. The Kier molecular flexibility index (Phi) is 4.22. The fourth-order valence-corrected chi connectivity index (χ4v) is 2.83. The number of ether oxygens (including phenoxy) is 1. The highest BCUT2D eigenvalue weighted by Gasteiger charge is 2.14. The third-order valence-electron chi connectivity index (χ3n) is 3.03. The van der Waals surface area contributed by atoms with Gasteiger partial charge in [0.05, 0.1) is 0 Å². The molecule has 0 unspecified atom stereocenters. The van der Waals surface area contributed by atoms with Crippen LogP contribution in [0.1, 0.15) is 16.8 Å². The summed E-state index contributed by atoms with van der Waals surface area (Å²) >= 11 is 1.55. The van der Waals surface area contributed by atoms with Gasteiger partial charge in [0.1, 0.15) is 11.5 Å². The highest BCUT2D eigenvalue weighted by molar-refractivity contribution is 8.06. The Labute approximate surface area is 128 Å². The Morgan fingerprint density at radius 3 is 2.38 bits per heavy atom. The normalized spacial score (nSPS) is 15.8. The van der Waals surface area contributed by atoms with Crippen molar-refractivity contribution in [2.75, 3.05) is 0 Å². The van der Waals surface area contributed by atoms with E-state index in [1.165, 1.54) is 0 Å². The molecule has 1 heterocycles. The van der Waals surface area contributed by atoms with Crippen molar-refractivity contribution in [3.63, 3.8) is 0 Å². The van der Waals surface area contributed by atoms with Crippen LogP contribution >= 0.6 is 11.8 Å². The van der Waals surface area contributed by atoms with E-state index in [1.807, 2.05) is 66.1 Å². The molecule has 1 aliphatic heterocycles. The zero-order valence-corrected chi connectivity index (χ0v) is 12.2. The van der Waals surface area contributed by atoms with E-state index < -0.39 is 0 Å². The molecule has 0 spiro atoms. The Bertz CT molecular complexity index is 688. The van der Waals surface area contributed by atoms with Crippen LogP contribution in [0.3, 0.4) is 0 Å². The lowest BCUT2D eigenvalue weighted by atomic mass is 10.1. The van der Waals surface area contributed by atoms with Gasteiger partial charge in [-0.2, -0.15) is 0 Å². The maximum absolute atomic E-state index is 12.1. The van der Waals surface area contributed by atoms with Crippen LogP contribution in [-0.2, 0) is 0 Å². The van der Waals surface area contributed by atoms with Gasteiger partial charge in [-0.15, -0.1) is 0 Å². The molecule has 21 heavy (non-hydrogen) atoms. The summed E-state index contributed by atoms with van der Waals surface area (Å²) in [5, 5.41) is 1.96. The molecule has 0 N–H and O–H groups in total. The smallest absolute Gasteiger partial charge is 0.186 e. The Morgan fingerprint density at radius 2 is 1.67 bits per heavy atom. The third kappa shape index (κ3) is 3.64. The topological polar surface area (TPSA) is 26.3 Å². The predicted octanol–water partition coefficient (Wildman–Crippen LogP) is 4.81. The number of rotatable bonds is 4. The van der Waals surface area contributed by atoms with Gasteiger partial charge in [-0.05, 0) is 18.2 Å². The molecule has 0 saturated heterocycles. The van der Waals surface area contributed by atoms with Gasteiger partial charge in [0.25, 0.3) is 0 Å². The number of allylic oxidation sites excluding steroid dienone is 2. The molecule has 3 rings (SSSR count). The van der Waals surface area contributed by atoms with E-state index in [-0.39, 0.29) is 5.78 Å². The van der Waals surface area contributed by atoms with Gasteiger partial charge in [0.2, 0.25) is 0 Å². The largest absolute Gasteiger partial charge is 0.461 e. The zero-order chi connectivity index (χ0) is 14.5. The number of benzene rings is 2. The number of para-hydroxylation sites is 1. The van der Waals surface area contributed by atoms with Crippen LogP contribution in [0.2, 0.25) is 0 Å². The van der Waals surface area contributed by atoms with E-state index in [0.717, 1.165) is 16.4 Å². The third-order valence-corrected chi connectivity index (χ3v) is 3.98. The Morgan fingerprint density at radius 1 is 1.00 bits per heavy atom. The summed E-state index contributed by atoms with van der Waals surface area (Å²) < 4.78 is 5.78. The molecule has 2 nitrogen and oxygen atoms in total. The van der Waals surface area contributed by atoms with Crippen molar-refractivity contribution < 1.29 is 9.53 Å². The minimum Gasteiger partial charge on any atom is -0.461 e. The number of ketones is 1. The molecule has 0 fully saturated rings. The molecule has 2 aromatic rings. The van der Waals surface area contributed by atoms with Crippen molar-refractivity contribution in [1.82, 2.24) is 0 Å². The summed E-state index contributed by atoms with van der Waals surface area (Å²) in [5.74, 6) is 1.73. The lowest BCUT2D eigenvalue weighted by Crippen LogP contribution is -1.96. The van der Waals surface area contributed by atoms with Crippen molar-refractivity contribution in [3.8, 4) is 5.75 Å². The van der Waals surface area contributed by atoms with Gasteiger partial charge >= 0.3 is 0 Å². The van der Waals surface area contributed by atoms with Gasteiger partial charge in [0, 0.05) is 22.3 Å². The second-order valence-electron chi connectivity index (χ2n) is 4.63. The average Bonchev–Trinajstić information content (AvgIpc) is 2.96. The van der Waals surface area contributed by atoms with E-state index in [9.17, 15) is 4.79 Å². The fraction of sp³-hybridized carbons (Fsp3) is 0.0556. The number of carbonyl (C=O) groups is 1. The first-order valence-corrected chi connectivity index (χ1v) is 7.58. The maximum atomic E-state index is 12.1. The van der Waals surface area contributed by atoms with Crippen molar-refractivity contribution in [3.05, 3.63) is 88.4 Å². The summed E-state index contributed by atoms with van der Waals surface area (Å²) in [6.07, 6.45) is 2.36. The second kappa shape index (κ2) is 6.46. The van der Waals surface area contributed by atoms with E-state index in [2.05, 4.69) is 0 Å². The zero-order valence-electron chi connectivity index (χ0n) is 11.4. The molecule has 0 saturated carbocycles. The average molecular weight is 294 g/mol. The summed E-state index contributed by atoms with van der Waals surface area (Å²) in [6.45, 7) is 0. The summed E-state index contributed by atoms with van der Waals surface area (Å²) in [7, 11) is 0. The molecule has 2 aromatic carbocycles. The lowest BCUT2D eigenvalue weighted by Gasteiger charge is -2.05. The summed E-state index contributed by atoms with van der Waals surface area (Å²) in [6, 6.07) is 19.0. The number of hydrogen-bond donors (Lipinski definition) is 0. The maximum Gasteiger partial charge on any atom is 0.186 e. The van der Waals surface area contributed by atoms with Crippen LogP contribution in [0.5, 0.6) is 5.75 Å². The van der Waals surface area contributed by atoms with E-state index >= 15 is 0 Å². The van der Waals surface area contributed by atoms with Crippen molar-refractivity contribution in [2.45, 2.75) is 6.42 Å². The van der Waals surface area contributed by atoms with Gasteiger partial charge < -0.3 is 4.74 Å². The van der Waals surface area contributed by atoms with Gasteiger partial charge in [0.15, 0.2) is 5.78 Å². The standard InChI is InChI=1S/C18H14O2S/c19-18(14-7-3-1-4-8-14)12-17-11-16(13-21-17)20-15-9-5-2-6-10-15/h1-10,12-13H,11H2/b17-12-. The molecule has 0 aliphatic carbocycles. The lowest BCUT2D eigenvalue weighted by molar-refractivity contribution is 0.104. The van der Waals surface area contributed by atoms with Crippen molar-refractivity contribution in [1.29, 1.82) is 0 Å². The number of thioether (sulfide) groups is 1. The molecule has 1 aliphatic rings. The molecular weight excluding hydrogens is 280 g/mol. The highest BCUT2D eigenvalue weighted by Crippen LogP contribution is 2.35. The summed E-state index contributed by atoms with van der Waals surface area (Å²) in [4.78, 5) is 13.1. The molecule has 0 atom stereocenters. The van der Waals surface area contributed by atoms with Crippen molar-refractivity contribution >= 4 is 17.5 Å². The second-order valence-corrected chi connectivity index (χ2v) is 5.63. The molecule has 0 aromatic heterocycles. The molecule has 104 valence electrons. The Balaban J connectivity index is 1.63. The van der Waals surface area contributed by atoms with Crippen molar-refractivity contribution in [2.24, 2.45) is 0 Å². The fourth-order valence-electron chi connectivity index (χ4n) is 2.01. The molecule has 3 heteroatoms. The van der Waals surface area contributed by atoms with Crippen LogP contribution in [-0.4, -0.2) is 5.78 Å². The quantitative estimate of drug-likeness (QED) is 0.598. The predicted molar refractivity (Wildman–Crippen MR) is 86.2 cm³/mol. The van der Waals surface area contributed by atoms with Crippen LogP contribution < -0.4 is 4.74 Å². The molecule has 0 radical (unpaired) electrons. The van der Waals surface area contributed by atoms with Crippen LogP contribution in [0.4, 0.5) is 0 Å². The molecule has 0 bridgehead atoms. The number of carbonyl (C=O) groups excluding carboxylic acids is 1. The van der Waals surface area contributed by atoms with E-state index in [1.54, 1.807) is 17.8 Å². The summed E-state index contributed by atoms with van der Waals surface area (Å²) in [5.41, 5.74) is 0.711. The van der Waals surface area contributed by atoms with Crippen LogP contribution in [0.25, 0.3) is 0 Å². The minimum absolute atomic E-state index is 0.0347. The SMILES string of the molecule is O=C(/C=C1/CC(Oc2ccccc2)=CS1)c1ccccc1. The monoisotopic (exact) mass is 294 g/mol. The first kappa shape index (κ1) is 13.7. The number of hydrogen-bond acceptors (Lipinski definition) is 3. The Hall–Kier alpha value is -2.26. The molecule has 0 amide bonds. The van der Waals surface area contributed by atoms with Crippen LogP contribution in [0.15, 0.2) is 82.8 Å².